The van der Waals surface area contributed by atoms with Crippen LogP contribution in [0.25, 0.3) is 22.7 Å². The predicted molar refractivity (Wildman–Crippen MR) is 113 cm³/mol. The minimum absolute atomic E-state index is 0.664. The molecule has 0 atom stereocenters. The van der Waals surface area contributed by atoms with Gasteiger partial charge in [-0.25, -0.2) is 0 Å². The van der Waals surface area contributed by atoms with E-state index in [4.69, 9.17) is 23.2 Å². The van der Waals surface area contributed by atoms with Crippen LogP contribution in [-0.2, 0) is 13.0 Å². The fraction of sp³-hybridized carbons (Fsp3) is 0.273. The summed E-state index contributed by atoms with van der Waals surface area (Å²) in [4.78, 5) is 2.39. The molecule has 4 heteroatoms. The minimum Gasteiger partial charge on any atom is -0.320 e. The number of hydrogen-bond donors (Lipinski definition) is 0. The summed E-state index contributed by atoms with van der Waals surface area (Å²) in [6.45, 7) is 6.35. The average molecular weight is 385 g/mol. The zero-order chi connectivity index (χ0) is 18.4. The van der Waals surface area contributed by atoms with E-state index >= 15 is 0 Å². The van der Waals surface area contributed by atoms with Crippen molar-refractivity contribution in [3.63, 3.8) is 0 Å². The van der Waals surface area contributed by atoms with Crippen LogP contribution in [0, 0.1) is 6.92 Å². The van der Waals surface area contributed by atoms with E-state index in [1.165, 1.54) is 27.7 Å². The Labute approximate surface area is 164 Å². The number of halogens is 2. The Morgan fingerprint density at radius 3 is 2.54 bits per heavy atom. The highest BCUT2D eigenvalue weighted by atomic mass is 35.5. The second kappa shape index (κ2) is 6.77. The number of nitrogens with zero attached hydrogens (tertiary/aromatic N) is 2. The standard InChI is InChI=1S/C22H22Cl2N2/c1-14-4-5-21-19(8-14)20-13-25(3)7-6-22(20)26(21)12-15(2)16-9-17(23)11-18(24)10-16/h4-5,8-12H,6-7,13H2,1-3H3/b15-12+. The summed E-state index contributed by atoms with van der Waals surface area (Å²) >= 11 is 12.4. The number of likely N-dealkylation sites (N-methyl/N-ethyl adjacent to an activating group) is 1. The minimum atomic E-state index is 0.664. The predicted octanol–water partition coefficient (Wildman–Crippen LogP) is 6.26. The molecule has 0 N–H and O–H groups in total. The van der Waals surface area contributed by atoms with Gasteiger partial charge >= 0.3 is 0 Å². The van der Waals surface area contributed by atoms with E-state index in [1.807, 2.05) is 12.1 Å². The van der Waals surface area contributed by atoms with Crippen molar-refractivity contribution in [2.75, 3.05) is 13.6 Å². The van der Waals surface area contributed by atoms with Crippen molar-refractivity contribution >= 4 is 45.9 Å². The number of rotatable bonds is 2. The summed E-state index contributed by atoms with van der Waals surface area (Å²) in [5.74, 6) is 0. The molecule has 2 heterocycles. The number of benzene rings is 2. The molecular weight excluding hydrogens is 363 g/mol. The summed E-state index contributed by atoms with van der Waals surface area (Å²) in [5, 5.41) is 2.69. The fourth-order valence-corrected chi connectivity index (χ4v) is 4.36. The van der Waals surface area contributed by atoms with Gasteiger partial charge in [-0.05, 0) is 67.9 Å². The third-order valence-electron chi connectivity index (χ3n) is 5.17. The van der Waals surface area contributed by atoms with Crippen LogP contribution in [0.5, 0.6) is 0 Å². The second-order valence-corrected chi connectivity index (χ2v) is 8.15. The molecule has 2 nitrogen and oxygen atoms in total. The Hall–Kier alpha value is -1.74. The Morgan fingerprint density at radius 1 is 1.08 bits per heavy atom. The molecule has 0 saturated heterocycles. The van der Waals surface area contributed by atoms with Crippen LogP contribution in [-0.4, -0.2) is 23.1 Å². The molecule has 0 unspecified atom stereocenters. The smallest absolute Gasteiger partial charge is 0.0529 e. The second-order valence-electron chi connectivity index (χ2n) is 7.27. The van der Waals surface area contributed by atoms with E-state index in [0.717, 1.165) is 30.6 Å². The molecule has 1 aromatic heterocycles. The lowest BCUT2D eigenvalue weighted by molar-refractivity contribution is 0.312. The average Bonchev–Trinajstić information content (AvgIpc) is 2.86. The summed E-state index contributed by atoms with van der Waals surface area (Å²) < 4.78 is 2.36. The maximum atomic E-state index is 6.20. The van der Waals surface area contributed by atoms with Crippen molar-refractivity contribution in [2.45, 2.75) is 26.8 Å². The van der Waals surface area contributed by atoms with Gasteiger partial charge in [0, 0.05) is 46.8 Å². The molecule has 26 heavy (non-hydrogen) atoms. The highest BCUT2D eigenvalue weighted by Gasteiger charge is 2.21. The molecule has 0 spiro atoms. The van der Waals surface area contributed by atoms with Crippen LogP contribution in [0.2, 0.25) is 10.0 Å². The maximum Gasteiger partial charge on any atom is 0.0529 e. The molecule has 0 fully saturated rings. The van der Waals surface area contributed by atoms with Crippen molar-refractivity contribution < 1.29 is 0 Å². The monoisotopic (exact) mass is 384 g/mol. The quantitative estimate of drug-likeness (QED) is 0.505. The van der Waals surface area contributed by atoms with Crippen molar-refractivity contribution in [1.82, 2.24) is 9.47 Å². The molecule has 0 radical (unpaired) electrons. The van der Waals surface area contributed by atoms with Gasteiger partial charge in [0.25, 0.3) is 0 Å². The molecule has 1 aliphatic heterocycles. The Bertz CT molecular complexity index is 1010. The topological polar surface area (TPSA) is 8.17 Å². The number of fused-ring (bicyclic) bond motifs is 3. The van der Waals surface area contributed by atoms with Gasteiger partial charge in [0.1, 0.15) is 0 Å². The lowest BCUT2D eigenvalue weighted by atomic mass is 10.0. The third-order valence-corrected chi connectivity index (χ3v) is 5.61. The highest BCUT2D eigenvalue weighted by Crippen LogP contribution is 2.33. The Morgan fingerprint density at radius 2 is 1.81 bits per heavy atom. The zero-order valence-corrected chi connectivity index (χ0v) is 16.8. The lowest BCUT2D eigenvalue weighted by Gasteiger charge is -2.23. The van der Waals surface area contributed by atoms with Crippen molar-refractivity contribution in [3.05, 3.63) is 68.8 Å². The van der Waals surface area contributed by atoms with Crippen LogP contribution >= 0.6 is 23.2 Å². The molecule has 0 bridgehead atoms. The highest BCUT2D eigenvalue weighted by molar-refractivity contribution is 6.34. The summed E-state index contributed by atoms with van der Waals surface area (Å²) in [6.07, 6.45) is 3.28. The molecular formula is C22H22Cl2N2. The number of hydrogen-bond acceptors (Lipinski definition) is 1. The molecule has 0 aliphatic carbocycles. The van der Waals surface area contributed by atoms with E-state index in [9.17, 15) is 0 Å². The van der Waals surface area contributed by atoms with Gasteiger partial charge in [0.15, 0.2) is 0 Å². The third kappa shape index (κ3) is 3.18. The Kier molecular flexibility index (Phi) is 4.60. The molecule has 0 saturated carbocycles. The first-order valence-corrected chi connectivity index (χ1v) is 9.63. The number of aryl methyl sites for hydroxylation is 1. The van der Waals surface area contributed by atoms with Crippen LogP contribution in [0.1, 0.15) is 29.3 Å². The molecule has 4 rings (SSSR count). The molecule has 0 amide bonds. The van der Waals surface area contributed by atoms with Gasteiger partial charge in [-0.15, -0.1) is 0 Å². The first kappa shape index (κ1) is 17.7. The number of allylic oxidation sites excluding steroid dienone is 1. The molecule has 2 aromatic carbocycles. The van der Waals surface area contributed by atoms with Crippen LogP contribution < -0.4 is 0 Å². The van der Waals surface area contributed by atoms with Crippen LogP contribution in [0.3, 0.4) is 0 Å². The van der Waals surface area contributed by atoms with E-state index in [1.54, 1.807) is 6.07 Å². The van der Waals surface area contributed by atoms with Gasteiger partial charge in [0.05, 0.1) is 5.52 Å². The van der Waals surface area contributed by atoms with Gasteiger partial charge in [-0.3, -0.25) is 0 Å². The molecule has 3 aromatic rings. The van der Waals surface area contributed by atoms with Crippen LogP contribution in [0.15, 0.2) is 36.4 Å². The Balaban J connectivity index is 1.91. The molecule has 134 valence electrons. The SMILES string of the molecule is C/C(=C\n1c2c(c3cc(C)ccc31)CN(C)CC2)c1cc(Cl)cc(Cl)c1. The van der Waals surface area contributed by atoms with E-state index in [-0.39, 0.29) is 0 Å². The fourth-order valence-electron chi connectivity index (χ4n) is 3.84. The van der Waals surface area contributed by atoms with E-state index in [0.29, 0.717) is 10.0 Å². The van der Waals surface area contributed by atoms with Gasteiger partial charge < -0.3 is 9.47 Å². The largest absolute Gasteiger partial charge is 0.320 e. The molecule has 1 aliphatic rings. The normalized spacial score (nSPS) is 15.5. The van der Waals surface area contributed by atoms with Gasteiger partial charge in [-0.1, -0.05) is 34.8 Å². The van der Waals surface area contributed by atoms with E-state index in [2.05, 4.69) is 54.8 Å². The summed E-state index contributed by atoms with van der Waals surface area (Å²) in [7, 11) is 2.19. The van der Waals surface area contributed by atoms with Gasteiger partial charge in [0.2, 0.25) is 0 Å². The van der Waals surface area contributed by atoms with Crippen molar-refractivity contribution in [2.24, 2.45) is 0 Å². The van der Waals surface area contributed by atoms with Gasteiger partial charge in [-0.2, -0.15) is 0 Å². The zero-order valence-electron chi connectivity index (χ0n) is 15.3. The van der Waals surface area contributed by atoms with Crippen molar-refractivity contribution in [1.29, 1.82) is 0 Å². The first-order valence-electron chi connectivity index (χ1n) is 8.88. The van der Waals surface area contributed by atoms with Crippen molar-refractivity contribution in [3.8, 4) is 0 Å². The first-order chi connectivity index (χ1) is 12.4. The van der Waals surface area contributed by atoms with Crippen LogP contribution in [0.4, 0.5) is 0 Å². The summed E-state index contributed by atoms with van der Waals surface area (Å²) in [6, 6.07) is 12.4. The maximum absolute atomic E-state index is 6.20. The number of aromatic nitrogens is 1. The summed E-state index contributed by atoms with van der Waals surface area (Å²) in [5.41, 5.74) is 7.63. The van der Waals surface area contributed by atoms with E-state index < -0.39 is 0 Å². The lowest BCUT2D eigenvalue weighted by Crippen LogP contribution is -2.26.